The maximum atomic E-state index is 13.8. The Bertz CT molecular complexity index is 485. The number of carbonyl (C=O) groups is 1. The number of amides is 1. The fourth-order valence-electron chi connectivity index (χ4n) is 2.82. The minimum Gasteiger partial charge on any atom is -0.396 e. The zero-order valence-corrected chi connectivity index (χ0v) is 11.5. The van der Waals surface area contributed by atoms with Crippen molar-refractivity contribution in [2.45, 2.75) is 32.2 Å². The van der Waals surface area contributed by atoms with E-state index in [1.54, 1.807) is 6.07 Å². The predicted molar refractivity (Wildman–Crippen MR) is 74.6 cm³/mol. The fourth-order valence-corrected chi connectivity index (χ4v) is 2.82. The van der Waals surface area contributed by atoms with E-state index in [-0.39, 0.29) is 17.6 Å². The molecule has 0 aromatic heterocycles. The SMILES string of the molecule is NC(=O)c1ccc(CNCC2(CO)CCCC2)c(F)c1. The van der Waals surface area contributed by atoms with Crippen LogP contribution in [0.3, 0.4) is 0 Å². The molecule has 1 saturated carbocycles. The lowest BCUT2D eigenvalue weighted by molar-refractivity contribution is 0.1000. The summed E-state index contributed by atoms with van der Waals surface area (Å²) in [7, 11) is 0. The summed E-state index contributed by atoms with van der Waals surface area (Å²) >= 11 is 0. The monoisotopic (exact) mass is 280 g/mol. The highest BCUT2D eigenvalue weighted by Crippen LogP contribution is 2.36. The molecule has 4 nitrogen and oxygen atoms in total. The van der Waals surface area contributed by atoms with Crippen molar-refractivity contribution in [2.24, 2.45) is 11.1 Å². The van der Waals surface area contributed by atoms with E-state index < -0.39 is 11.7 Å². The number of halogens is 1. The number of hydrogen-bond acceptors (Lipinski definition) is 3. The average Bonchev–Trinajstić information content (AvgIpc) is 2.90. The molecule has 0 aliphatic heterocycles. The number of benzene rings is 1. The van der Waals surface area contributed by atoms with E-state index in [1.807, 2.05) is 0 Å². The number of rotatable bonds is 6. The van der Waals surface area contributed by atoms with Crippen LogP contribution in [0.1, 0.15) is 41.6 Å². The predicted octanol–water partition coefficient (Wildman–Crippen LogP) is 1.57. The standard InChI is InChI=1S/C15H21FN2O2/c16-13-7-11(14(17)20)3-4-12(13)8-18-9-15(10-19)5-1-2-6-15/h3-4,7,18-19H,1-2,5-6,8-10H2,(H2,17,20). The molecule has 0 unspecified atom stereocenters. The molecule has 1 aromatic rings. The van der Waals surface area contributed by atoms with Crippen molar-refractivity contribution in [1.29, 1.82) is 0 Å². The van der Waals surface area contributed by atoms with Gasteiger partial charge >= 0.3 is 0 Å². The Labute approximate surface area is 118 Å². The molecule has 0 bridgehead atoms. The van der Waals surface area contributed by atoms with Gasteiger partial charge in [0, 0.05) is 36.2 Å². The molecule has 1 amide bonds. The highest BCUT2D eigenvalue weighted by atomic mass is 19.1. The summed E-state index contributed by atoms with van der Waals surface area (Å²) in [5.41, 5.74) is 5.73. The van der Waals surface area contributed by atoms with Crippen molar-refractivity contribution in [3.63, 3.8) is 0 Å². The van der Waals surface area contributed by atoms with Crippen molar-refractivity contribution >= 4 is 5.91 Å². The molecule has 2 rings (SSSR count). The van der Waals surface area contributed by atoms with Gasteiger partial charge < -0.3 is 16.2 Å². The molecule has 1 aromatic carbocycles. The number of hydrogen-bond donors (Lipinski definition) is 3. The van der Waals surface area contributed by atoms with Gasteiger partial charge in [0.1, 0.15) is 5.82 Å². The molecule has 1 aliphatic rings. The summed E-state index contributed by atoms with van der Waals surface area (Å²) in [5, 5.41) is 12.7. The smallest absolute Gasteiger partial charge is 0.248 e. The van der Waals surface area contributed by atoms with Crippen LogP contribution in [0.15, 0.2) is 18.2 Å². The van der Waals surface area contributed by atoms with E-state index in [4.69, 9.17) is 5.73 Å². The number of aliphatic hydroxyl groups is 1. The number of primary amides is 1. The van der Waals surface area contributed by atoms with Gasteiger partial charge in [-0.2, -0.15) is 0 Å². The van der Waals surface area contributed by atoms with Crippen molar-refractivity contribution in [3.8, 4) is 0 Å². The second-order valence-corrected chi connectivity index (χ2v) is 5.64. The van der Waals surface area contributed by atoms with Crippen LogP contribution < -0.4 is 11.1 Å². The third kappa shape index (κ3) is 3.35. The Balaban J connectivity index is 1.92. The summed E-state index contributed by atoms with van der Waals surface area (Å²) in [6.45, 7) is 1.23. The van der Waals surface area contributed by atoms with Crippen LogP contribution in [0.4, 0.5) is 4.39 Å². The van der Waals surface area contributed by atoms with Crippen LogP contribution in [-0.2, 0) is 6.54 Å². The topological polar surface area (TPSA) is 75.4 Å². The van der Waals surface area contributed by atoms with Crippen LogP contribution in [-0.4, -0.2) is 24.2 Å². The van der Waals surface area contributed by atoms with E-state index in [0.717, 1.165) is 31.7 Å². The first-order chi connectivity index (χ1) is 9.56. The van der Waals surface area contributed by atoms with Gasteiger partial charge in [-0.1, -0.05) is 18.9 Å². The van der Waals surface area contributed by atoms with Crippen molar-refractivity contribution in [3.05, 3.63) is 35.1 Å². The molecule has 1 fully saturated rings. The van der Waals surface area contributed by atoms with Gasteiger partial charge in [-0.15, -0.1) is 0 Å². The number of nitrogens with one attached hydrogen (secondary N) is 1. The largest absolute Gasteiger partial charge is 0.396 e. The Morgan fingerprint density at radius 3 is 2.65 bits per heavy atom. The van der Waals surface area contributed by atoms with Crippen LogP contribution in [0.5, 0.6) is 0 Å². The second-order valence-electron chi connectivity index (χ2n) is 5.64. The molecule has 0 atom stereocenters. The average molecular weight is 280 g/mol. The molecule has 20 heavy (non-hydrogen) atoms. The van der Waals surface area contributed by atoms with E-state index in [1.165, 1.54) is 6.07 Å². The zero-order chi connectivity index (χ0) is 14.6. The van der Waals surface area contributed by atoms with E-state index in [9.17, 15) is 14.3 Å². The summed E-state index contributed by atoms with van der Waals surface area (Å²) in [5.74, 6) is -1.06. The number of carbonyl (C=O) groups excluding carboxylic acids is 1. The molecular formula is C15H21FN2O2. The fraction of sp³-hybridized carbons (Fsp3) is 0.533. The minimum atomic E-state index is -0.631. The summed E-state index contributed by atoms with van der Waals surface area (Å²) in [6, 6.07) is 4.26. The number of aliphatic hydroxyl groups excluding tert-OH is 1. The van der Waals surface area contributed by atoms with Gasteiger partial charge in [0.2, 0.25) is 5.91 Å². The van der Waals surface area contributed by atoms with E-state index >= 15 is 0 Å². The number of nitrogens with two attached hydrogens (primary N) is 1. The second kappa shape index (κ2) is 6.33. The molecule has 0 heterocycles. The minimum absolute atomic E-state index is 0.0519. The Hall–Kier alpha value is -1.46. The first-order valence-corrected chi connectivity index (χ1v) is 6.96. The van der Waals surface area contributed by atoms with Crippen molar-refractivity contribution in [2.75, 3.05) is 13.2 Å². The highest BCUT2D eigenvalue weighted by Gasteiger charge is 2.32. The van der Waals surface area contributed by atoms with Gasteiger partial charge in [-0.05, 0) is 25.0 Å². The lowest BCUT2D eigenvalue weighted by Gasteiger charge is -2.26. The van der Waals surface area contributed by atoms with Gasteiger partial charge in [-0.25, -0.2) is 4.39 Å². The van der Waals surface area contributed by atoms with Crippen molar-refractivity contribution in [1.82, 2.24) is 5.32 Å². The molecule has 5 heteroatoms. The van der Waals surface area contributed by atoms with Gasteiger partial charge in [0.05, 0.1) is 0 Å². The zero-order valence-electron chi connectivity index (χ0n) is 11.5. The molecular weight excluding hydrogens is 259 g/mol. The summed E-state index contributed by atoms with van der Waals surface area (Å²) < 4.78 is 13.8. The Morgan fingerprint density at radius 2 is 2.10 bits per heavy atom. The Kier molecular flexibility index (Phi) is 4.73. The van der Waals surface area contributed by atoms with Crippen molar-refractivity contribution < 1.29 is 14.3 Å². The normalized spacial score (nSPS) is 17.3. The van der Waals surface area contributed by atoms with Gasteiger partial charge in [-0.3, -0.25) is 4.79 Å². The maximum Gasteiger partial charge on any atom is 0.248 e. The highest BCUT2D eigenvalue weighted by molar-refractivity contribution is 5.92. The van der Waals surface area contributed by atoms with E-state index in [2.05, 4.69) is 5.32 Å². The summed E-state index contributed by atoms with van der Waals surface area (Å²) in [4.78, 5) is 10.9. The van der Waals surface area contributed by atoms with Crippen LogP contribution in [0.25, 0.3) is 0 Å². The maximum absolute atomic E-state index is 13.8. The molecule has 110 valence electrons. The first-order valence-electron chi connectivity index (χ1n) is 6.96. The Morgan fingerprint density at radius 1 is 1.40 bits per heavy atom. The van der Waals surface area contributed by atoms with E-state index in [0.29, 0.717) is 18.7 Å². The lowest BCUT2D eigenvalue weighted by atomic mass is 9.87. The third-order valence-corrected chi connectivity index (χ3v) is 4.15. The molecule has 1 aliphatic carbocycles. The first kappa shape index (κ1) is 14.9. The molecule has 0 spiro atoms. The van der Waals surface area contributed by atoms with Gasteiger partial charge in [0.25, 0.3) is 0 Å². The van der Waals surface area contributed by atoms with Crippen LogP contribution in [0, 0.1) is 11.2 Å². The molecule has 0 radical (unpaired) electrons. The molecule has 0 saturated heterocycles. The molecule has 4 N–H and O–H groups in total. The lowest BCUT2D eigenvalue weighted by Crippen LogP contribution is -2.35. The van der Waals surface area contributed by atoms with Crippen LogP contribution in [0.2, 0.25) is 0 Å². The van der Waals surface area contributed by atoms with Crippen LogP contribution >= 0.6 is 0 Å². The summed E-state index contributed by atoms with van der Waals surface area (Å²) in [6.07, 6.45) is 4.31. The van der Waals surface area contributed by atoms with Gasteiger partial charge in [0.15, 0.2) is 0 Å². The quantitative estimate of drug-likeness (QED) is 0.740. The third-order valence-electron chi connectivity index (χ3n) is 4.15.